The topological polar surface area (TPSA) is 78.9 Å². The minimum atomic E-state index is -0.383. The molecule has 6 heteroatoms. The first-order chi connectivity index (χ1) is 13.3. The number of rotatable bonds is 4. The molecule has 0 fully saturated rings. The van der Waals surface area contributed by atoms with Crippen LogP contribution in [0.15, 0.2) is 49.1 Å². The summed E-state index contributed by atoms with van der Waals surface area (Å²) in [7, 11) is 1.63. The molecule has 2 aromatic carbocycles. The number of nitrogens with zero attached hydrogens (tertiary/aromatic N) is 1. The Hall–Kier alpha value is -3.28. The Kier molecular flexibility index (Phi) is 5.40. The van der Waals surface area contributed by atoms with Crippen LogP contribution in [-0.2, 0) is 11.2 Å². The minimum Gasteiger partial charge on any atom is -0.507 e. The molecule has 2 atom stereocenters. The van der Waals surface area contributed by atoms with Gasteiger partial charge in [-0.1, -0.05) is 12.6 Å². The standard InChI is InChI=1S/C22H24N2O4/c1-5-21(26)23-16-6-9-20(25)19(12-16)22(27)24-13(2)10-15-11-17(28-4)7-8-18(15)14(24)3/h5-9,11-14,25H,1,10H2,2-4H3,(H,23,26). The third kappa shape index (κ3) is 3.58. The summed E-state index contributed by atoms with van der Waals surface area (Å²) in [6.07, 6.45) is 1.84. The summed E-state index contributed by atoms with van der Waals surface area (Å²) in [5.74, 6) is 0.00287. The van der Waals surface area contributed by atoms with Gasteiger partial charge in [-0.05, 0) is 67.8 Å². The Morgan fingerprint density at radius 1 is 1.25 bits per heavy atom. The molecule has 0 radical (unpaired) electrons. The number of hydrogen-bond acceptors (Lipinski definition) is 4. The zero-order chi connectivity index (χ0) is 20.4. The number of carbonyl (C=O) groups is 2. The molecule has 0 spiro atoms. The van der Waals surface area contributed by atoms with Gasteiger partial charge in [-0.25, -0.2) is 0 Å². The Bertz CT molecular complexity index is 938. The zero-order valence-corrected chi connectivity index (χ0v) is 16.2. The van der Waals surface area contributed by atoms with Crippen LogP contribution >= 0.6 is 0 Å². The number of fused-ring (bicyclic) bond motifs is 1. The maximum absolute atomic E-state index is 13.3. The molecule has 0 saturated heterocycles. The highest BCUT2D eigenvalue weighted by atomic mass is 16.5. The van der Waals surface area contributed by atoms with Crippen molar-refractivity contribution in [2.45, 2.75) is 32.4 Å². The number of methoxy groups -OCH3 is 1. The molecule has 1 heterocycles. The molecule has 0 aliphatic carbocycles. The first-order valence-corrected chi connectivity index (χ1v) is 9.11. The fourth-order valence-electron chi connectivity index (χ4n) is 3.74. The lowest BCUT2D eigenvalue weighted by Crippen LogP contribution is -2.45. The summed E-state index contributed by atoms with van der Waals surface area (Å²) < 4.78 is 5.31. The molecule has 0 aromatic heterocycles. The smallest absolute Gasteiger partial charge is 0.258 e. The molecule has 2 unspecified atom stereocenters. The van der Waals surface area contributed by atoms with E-state index in [4.69, 9.17) is 4.74 Å². The van der Waals surface area contributed by atoms with Gasteiger partial charge in [-0.2, -0.15) is 0 Å². The summed E-state index contributed by atoms with van der Waals surface area (Å²) in [6.45, 7) is 7.37. The number of ether oxygens (including phenoxy) is 1. The summed E-state index contributed by atoms with van der Waals surface area (Å²) in [4.78, 5) is 26.6. The lowest BCUT2D eigenvalue weighted by molar-refractivity contribution is -0.111. The first-order valence-electron chi connectivity index (χ1n) is 9.11. The molecule has 28 heavy (non-hydrogen) atoms. The monoisotopic (exact) mass is 380 g/mol. The SMILES string of the molecule is C=CC(=O)Nc1ccc(O)c(C(=O)N2C(C)Cc3cc(OC)ccc3C2C)c1. The van der Waals surface area contributed by atoms with Crippen molar-refractivity contribution >= 4 is 17.5 Å². The van der Waals surface area contributed by atoms with E-state index in [0.29, 0.717) is 12.1 Å². The lowest BCUT2D eigenvalue weighted by atomic mass is 9.88. The fraction of sp³-hybridized carbons (Fsp3) is 0.273. The van der Waals surface area contributed by atoms with Crippen molar-refractivity contribution in [3.05, 3.63) is 65.7 Å². The highest BCUT2D eigenvalue weighted by Gasteiger charge is 2.34. The van der Waals surface area contributed by atoms with Crippen LogP contribution in [0, 0.1) is 0 Å². The van der Waals surface area contributed by atoms with Gasteiger partial charge in [0.1, 0.15) is 11.5 Å². The van der Waals surface area contributed by atoms with E-state index in [0.717, 1.165) is 23.0 Å². The van der Waals surface area contributed by atoms with E-state index in [1.165, 1.54) is 18.2 Å². The van der Waals surface area contributed by atoms with E-state index >= 15 is 0 Å². The highest BCUT2D eigenvalue weighted by molar-refractivity contribution is 6.02. The van der Waals surface area contributed by atoms with Crippen LogP contribution in [-0.4, -0.2) is 35.0 Å². The number of anilines is 1. The van der Waals surface area contributed by atoms with E-state index in [2.05, 4.69) is 11.9 Å². The Labute approximate surface area is 164 Å². The third-order valence-corrected chi connectivity index (χ3v) is 5.12. The van der Waals surface area contributed by atoms with E-state index in [9.17, 15) is 14.7 Å². The summed E-state index contributed by atoms with van der Waals surface area (Å²) >= 11 is 0. The van der Waals surface area contributed by atoms with Crippen LogP contribution in [0.2, 0.25) is 0 Å². The highest BCUT2D eigenvalue weighted by Crippen LogP contribution is 2.37. The molecule has 0 saturated carbocycles. The average molecular weight is 380 g/mol. The second kappa shape index (κ2) is 7.76. The Morgan fingerprint density at radius 2 is 2.00 bits per heavy atom. The maximum atomic E-state index is 13.3. The largest absolute Gasteiger partial charge is 0.507 e. The number of hydrogen-bond donors (Lipinski definition) is 2. The quantitative estimate of drug-likeness (QED) is 0.627. The van der Waals surface area contributed by atoms with Crippen molar-refractivity contribution < 1.29 is 19.4 Å². The van der Waals surface area contributed by atoms with Gasteiger partial charge in [0.25, 0.3) is 5.91 Å². The molecule has 1 aliphatic rings. The third-order valence-electron chi connectivity index (χ3n) is 5.12. The summed E-state index contributed by atoms with van der Waals surface area (Å²) in [5.41, 5.74) is 2.79. The van der Waals surface area contributed by atoms with E-state index < -0.39 is 0 Å². The van der Waals surface area contributed by atoms with E-state index in [1.807, 2.05) is 32.0 Å². The molecular weight excluding hydrogens is 356 g/mol. The van der Waals surface area contributed by atoms with Gasteiger partial charge in [0.05, 0.1) is 18.7 Å². The van der Waals surface area contributed by atoms with E-state index in [-0.39, 0.29) is 35.2 Å². The maximum Gasteiger partial charge on any atom is 0.258 e. The van der Waals surface area contributed by atoms with Crippen LogP contribution < -0.4 is 10.1 Å². The van der Waals surface area contributed by atoms with Crippen molar-refractivity contribution in [3.8, 4) is 11.5 Å². The average Bonchev–Trinajstić information content (AvgIpc) is 2.68. The second-order valence-corrected chi connectivity index (χ2v) is 6.93. The number of phenols is 1. The van der Waals surface area contributed by atoms with Crippen molar-refractivity contribution in [1.82, 2.24) is 4.90 Å². The Balaban J connectivity index is 1.94. The van der Waals surface area contributed by atoms with Crippen molar-refractivity contribution in [1.29, 1.82) is 0 Å². The lowest BCUT2D eigenvalue weighted by Gasteiger charge is -2.40. The molecule has 6 nitrogen and oxygen atoms in total. The number of carbonyl (C=O) groups excluding carboxylic acids is 2. The molecule has 1 aliphatic heterocycles. The van der Waals surface area contributed by atoms with Crippen LogP contribution in [0.4, 0.5) is 5.69 Å². The van der Waals surface area contributed by atoms with Crippen LogP contribution in [0.25, 0.3) is 0 Å². The number of benzene rings is 2. The van der Waals surface area contributed by atoms with Gasteiger partial charge in [0.2, 0.25) is 5.91 Å². The molecule has 3 rings (SSSR count). The molecule has 2 N–H and O–H groups in total. The zero-order valence-electron chi connectivity index (χ0n) is 16.2. The number of phenolic OH excluding ortho intramolecular Hbond substituents is 1. The minimum absolute atomic E-state index is 0.0621. The normalized spacial score (nSPS) is 18.2. The molecule has 146 valence electrons. The summed E-state index contributed by atoms with van der Waals surface area (Å²) in [5, 5.41) is 12.9. The van der Waals surface area contributed by atoms with Crippen LogP contribution in [0.1, 0.15) is 41.4 Å². The van der Waals surface area contributed by atoms with Gasteiger partial charge < -0.3 is 20.1 Å². The second-order valence-electron chi connectivity index (χ2n) is 6.93. The van der Waals surface area contributed by atoms with Crippen LogP contribution in [0.3, 0.4) is 0 Å². The van der Waals surface area contributed by atoms with Gasteiger partial charge in [0.15, 0.2) is 0 Å². The fourth-order valence-corrected chi connectivity index (χ4v) is 3.74. The van der Waals surface area contributed by atoms with Gasteiger partial charge in [-0.15, -0.1) is 0 Å². The van der Waals surface area contributed by atoms with Crippen molar-refractivity contribution in [3.63, 3.8) is 0 Å². The molecule has 0 bridgehead atoms. The first kappa shape index (κ1) is 19.5. The van der Waals surface area contributed by atoms with Crippen LogP contribution in [0.5, 0.6) is 11.5 Å². The molecular formula is C22H24N2O4. The predicted molar refractivity (Wildman–Crippen MR) is 108 cm³/mol. The number of nitrogens with one attached hydrogen (secondary N) is 1. The van der Waals surface area contributed by atoms with Gasteiger partial charge in [-0.3, -0.25) is 9.59 Å². The number of aromatic hydroxyl groups is 1. The van der Waals surface area contributed by atoms with E-state index in [1.54, 1.807) is 12.0 Å². The van der Waals surface area contributed by atoms with Crippen molar-refractivity contribution in [2.75, 3.05) is 12.4 Å². The van der Waals surface area contributed by atoms with Crippen molar-refractivity contribution in [2.24, 2.45) is 0 Å². The predicted octanol–water partition coefficient (Wildman–Crippen LogP) is 3.67. The van der Waals surface area contributed by atoms with Gasteiger partial charge in [0, 0.05) is 11.7 Å². The van der Waals surface area contributed by atoms with Gasteiger partial charge >= 0.3 is 0 Å². The molecule has 2 amide bonds. The molecule has 2 aromatic rings. The Morgan fingerprint density at radius 3 is 2.68 bits per heavy atom. The summed E-state index contributed by atoms with van der Waals surface area (Å²) in [6, 6.07) is 10.1. The number of amides is 2.